The number of hydrogen-bond donors (Lipinski definition) is 0. The van der Waals surface area contributed by atoms with Crippen LogP contribution < -0.4 is 0 Å². The molecule has 0 aliphatic carbocycles. The Bertz CT molecular complexity index is 10300. The summed E-state index contributed by atoms with van der Waals surface area (Å²) >= 11 is 0. The molecule has 0 N–H and O–H groups in total. The standard InChI is InChI=1S/C54H34O.2C46H34O/c1-4-15-35(16-5-1)38-28-30-45-48(32-38)51(37-19-8-3-9-20-37)44-29-27-39(36-17-6-2-7-18-36)33-49(44)52(45)42-23-14-22-40(31-42)47-34-41-21-10-11-24-43(41)53-46-25-12-13-26-50(46)55-54(47)53;1-46(2,3)33-25-23-29(24-26-33)42-35-17-6-8-19-37(35)43(38-20-9-7-18-36(38)42)32-15-12-14-30(27-32)40-28-31-13-4-5-16-34(31)44-39-21-10-11-22-41(39)47-45(40)44;1-46(2,3)33-26-31(40-28-30-17-7-8-18-34(30)44-39-23-13-14-24-41(39)47-45(40)44)25-32(27-33)43-37-21-11-9-19-35(37)42(29-15-5-4-6-16-29)36-20-10-12-22-38(36)43/h1-34H;2*4-28H,1-3H3. The second-order valence-corrected chi connectivity index (χ2v) is 41.8. The van der Waals surface area contributed by atoms with E-state index >= 15 is 0 Å². The molecule has 704 valence electrons. The van der Waals surface area contributed by atoms with E-state index in [0.29, 0.717) is 0 Å². The summed E-state index contributed by atoms with van der Waals surface area (Å²) in [5, 5.41) is 29.2. The van der Waals surface area contributed by atoms with E-state index in [4.69, 9.17) is 13.3 Å². The number of hydrogen-bond acceptors (Lipinski definition) is 3. The lowest BCUT2D eigenvalue weighted by Gasteiger charge is -2.23. The third-order valence-corrected chi connectivity index (χ3v) is 30.8. The Balaban J connectivity index is 0.000000111. The zero-order valence-corrected chi connectivity index (χ0v) is 83.7. The molecule has 0 unspecified atom stereocenters. The molecule has 3 heterocycles. The summed E-state index contributed by atoms with van der Waals surface area (Å²) in [6.07, 6.45) is 0. The monoisotopic (exact) mass is 1900 g/mol. The van der Waals surface area contributed by atoms with Gasteiger partial charge in [-0.05, 0) is 291 Å². The number of furan rings is 3. The summed E-state index contributed by atoms with van der Waals surface area (Å²) in [4.78, 5) is 0. The molecular weight excluding hydrogens is 1800 g/mol. The summed E-state index contributed by atoms with van der Waals surface area (Å²) in [7, 11) is 0. The van der Waals surface area contributed by atoms with Crippen LogP contribution >= 0.6 is 0 Å². The van der Waals surface area contributed by atoms with Gasteiger partial charge >= 0.3 is 0 Å². The molecule has 0 fully saturated rings. The third-order valence-electron chi connectivity index (χ3n) is 30.8. The molecule has 3 heteroatoms. The van der Waals surface area contributed by atoms with Gasteiger partial charge in [0.1, 0.15) is 33.5 Å². The minimum atomic E-state index is -0.0653. The maximum atomic E-state index is 6.72. The van der Waals surface area contributed by atoms with E-state index in [1.807, 2.05) is 6.07 Å². The highest BCUT2D eigenvalue weighted by atomic mass is 16.3. The van der Waals surface area contributed by atoms with Crippen molar-refractivity contribution in [2.24, 2.45) is 0 Å². The van der Waals surface area contributed by atoms with Crippen LogP contribution in [0.4, 0.5) is 0 Å². The van der Waals surface area contributed by atoms with Gasteiger partial charge in [0.05, 0.1) is 0 Å². The van der Waals surface area contributed by atoms with Crippen LogP contribution in [0, 0.1) is 0 Å². The number of rotatable bonds is 11. The summed E-state index contributed by atoms with van der Waals surface area (Å²) < 4.78 is 20.1. The second kappa shape index (κ2) is 36.3. The number of benzene rings is 26. The Morgan fingerprint density at radius 3 is 0.718 bits per heavy atom. The van der Waals surface area contributed by atoms with Crippen molar-refractivity contribution >= 4 is 163 Å². The lowest BCUT2D eigenvalue weighted by Crippen LogP contribution is -2.11. The van der Waals surface area contributed by atoms with Crippen LogP contribution in [0.2, 0.25) is 0 Å². The van der Waals surface area contributed by atoms with E-state index in [1.165, 1.54) is 213 Å². The van der Waals surface area contributed by atoms with Crippen molar-refractivity contribution in [1.29, 1.82) is 0 Å². The molecule has 0 amide bonds. The Morgan fingerprint density at radius 2 is 0.369 bits per heavy atom. The molecule has 0 saturated carbocycles. The van der Waals surface area contributed by atoms with Crippen LogP contribution in [0.15, 0.2) is 523 Å². The molecule has 0 bridgehead atoms. The summed E-state index contributed by atoms with van der Waals surface area (Å²) in [5.74, 6) is 0. The fraction of sp³-hybridized carbons (Fsp3) is 0.0548. The van der Waals surface area contributed by atoms with Gasteiger partial charge in [0, 0.05) is 49.0 Å². The molecule has 0 aliphatic rings. The lowest BCUT2D eigenvalue weighted by molar-refractivity contribution is 0.590. The largest absolute Gasteiger partial charge is 0.455 e. The third kappa shape index (κ3) is 15.6. The average Bonchev–Trinajstić information content (AvgIpc) is 0.957. The highest BCUT2D eigenvalue weighted by Gasteiger charge is 2.29. The fourth-order valence-electron chi connectivity index (χ4n) is 23.7. The van der Waals surface area contributed by atoms with Gasteiger partial charge < -0.3 is 13.3 Å². The summed E-state index contributed by atoms with van der Waals surface area (Å²) in [6.45, 7) is 13.7. The average molecular weight is 1900 g/mol. The van der Waals surface area contributed by atoms with Gasteiger partial charge in [-0.15, -0.1) is 0 Å². The van der Waals surface area contributed by atoms with Gasteiger partial charge in [-0.2, -0.15) is 0 Å². The molecule has 3 aromatic heterocycles. The normalized spacial score (nSPS) is 12.0. The minimum absolute atomic E-state index is 0.0653. The van der Waals surface area contributed by atoms with Crippen LogP contribution in [0.3, 0.4) is 0 Å². The summed E-state index contributed by atoms with van der Waals surface area (Å²) in [6, 6.07) is 185. The lowest BCUT2D eigenvalue weighted by atomic mass is 9.80. The first-order valence-electron chi connectivity index (χ1n) is 51.8. The van der Waals surface area contributed by atoms with E-state index in [0.717, 1.165) is 82.9 Å². The molecule has 0 radical (unpaired) electrons. The Morgan fingerprint density at radius 1 is 0.134 bits per heavy atom. The minimum Gasteiger partial charge on any atom is -0.455 e. The van der Waals surface area contributed by atoms with E-state index in [2.05, 4.69) is 545 Å². The fourth-order valence-corrected chi connectivity index (χ4v) is 23.7. The highest BCUT2D eigenvalue weighted by Crippen LogP contribution is 2.54. The predicted molar refractivity (Wildman–Crippen MR) is 636 cm³/mol. The summed E-state index contributed by atoms with van der Waals surface area (Å²) in [5.41, 5.74) is 34.6. The maximum Gasteiger partial charge on any atom is 0.143 e. The van der Waals surface area contributed by atoms with E-state index < -0.39 is 0 Å². The first kappa shape index (κ1) is 89.3. The van der Waals surface area contributed by atoms with Crippen molar-refractivity contribution < 1.29 is 13.3 Å². The van der Waals surface area contributed by atoms with Crippen LogP contribution in [0.25, 0.3) is 285 Å². The van der Waals surface area contributed by atoms with Crippen molar-refractivity contribution in [2.45, 2.75) is 52.4 Å². The van der Waals surface area contributed by atoms with Crippen molar-refractivity contribution in [1.82, 2.24) is 0 Å². The SMILES string of the molecule is CC(C)(C)c1cc(-c2c3ccccc3c(-c3ccccc3)c3ccccc23)cc(-c2cc3ccccc3c3c2oc2ccccc23)c1.CC(C)(C)c1ccc(-c2c3ccccc3c(-c3cccc(-c4cc5ccccc5c5c4oc4ccccc45)c3)c3ccccc23)cc1.c1ccc(-c2ccc3c(-c4cccc(-c5cc6ccccc6c6c5oc5ccccc56)c4)c4cc(-c5ccccc5)ccc4c(-c4ccccc4)c3c2)cc1. The van der Waals surface area contributed by atoms with Crippen LogP contribution in [-0.4, -0.2) is 0 Å². The quantitative estimate of drug-likeness (QED) is 0.121. The molecule has 0 spiro atoms. The van der Waals surface area contributed by atoms with Crippen molar-refractivity contribution in [3.05, 3.63) is 521 Å². The molecular formula is C146H102O3. The highest BCUT2D eigenvalue weighted by molar-refractivity contribution is 6.29. The molecule has 26 aromatic carbocycles. The predicted octanol–water partition coefficient (Wildman–Crippen LogP) is 42.1. The smallest absolute Gasteiger partial charge is 0.143 e. The first-order valence-corrected chi connectivity index (χ1v) is 51.8. The Labute approximate surface area is 865 Å². The molecule has 0 atom stereocenters. The van der Waals surface area contributed by atoms with Gasteiger partial charge in [-0.25, -0.2) is 0 Å². The van der Waals surface area contributed by atoms with Crippen molar-refractivity contribution in [3.63, 3.8) is 0 Å². The molecule has 29 aromatic rings. The van der Waals surface area contributed by atoms with E-state index in [-0.39, 0.29) is 10.8 Å². The van der Waals surface area contributed by atoms with Crippen molar-refractivity contribution in [2.75, 3.05) is 0 Å². The molecule has 0 aliphatic heterocycles. The topological polar surface area (TPSA) is 39.4 Å². The van der Waals surface area contributed by atoms with Gasteiger partial charge in [-0.3, -0.25) is 0 Å². The van der Waals surface area contributed by atoms with Gasteiger partial charge in [-0.1, -0.05) is 484 Å². The zero-order valence-electron chi connectivity index (χ0n) is 83.7. The van der Waals surface area contributed by atoms with Crippen LogP contribution in [0.5, 0.6) is 0 Å². The Kier molecular flexibility index (Phi) is 21.8. The molecule has 3 nitrogen and oxygen atoms in total. The Hall–Kier alpha value is -18.5. The molecule has 149 heavy (non-hydrogen) atoms. The van der Waals surface area contributed by atoms with E-state index in [1.54, 1.807) is 0 Å². The number of fused-ring (bicyclic) bond motifs is 21. The van der Waals surface area contributed by atoms with Gasteiger partial charge in [0.15, 0.2) is 0 Å². The van der Waals surface area contributed by atoms with E-state index in [9.17, 15) is 0 Å². The van der Waals surface area contributed by atoms with Crippen molar-refractivity contribution in [3.8, 4) is 122 Å². The molecule has 0 saturated heterocycles. The van der Waals surface area contributed by atoms with Gasteiger partial charge in [0.2, 0.25) is 0 Å². The first-order chi connectivity index (χ1) is 73.2. The number of para-hydroxylation sites is 3. The molecule has 29 rings (SSSR count). The second-order valence-electron chi connectivity index (χ2n) is 41.8. The zero-order chi connectivity index (χ0) is 99.7. The van der Waals surface area contributed by atoms with Gasteiger partial charge in [0.25, 0.3) is 0 Å². The van der Waals surface area contributed by atoms with Crippen LogP contribution in [0.1, 0.15) is 52.7 Å². The van der Waals surface area contributed by atoms with Crippen LogP contribution in [-0.2, 0) is 10.8 Å². The maximum absolute atomic E-state index is 6.72.